The van der Waals surface area contributed by atoms with E-state index in [0.29, 0.717) is 33.0 Å². The molecular weight excluding hydrogens is 357 g/mol. The molecule has 2 aromatic rings. The van der Waals surface area contributed by atoms with Crippen molar-refractivity contribution in [1.82, 2.24) is 9.55 Å². The highest BCUT2D eigenvalue weighted by atomic mass is 35.5. The van der Waals surface area contributed by atoms with Gasteiger partial charge in [-0.2, -0.15) is 0 Å². The summed E-state index contributed by atoms with van der Waals surface area (Å²) in [5.41, 5.74) is 6.01. The number of benzene rings is 1. The molecule has 2 rings (SSSR count). The molecule has 5 nitrogen and oxygen atoms in total. The third kappa shape index (κ3) is 4.50. The average molecular weight is 372 g/mol. The Bertz CT molecular complexity index is 793. The third-order valence-electron chi connectivity index (χ3n) is 2.94. The molecule has 0 aliphatic rings. The smallest absolute Gasteiger partial charge is 0.259 e. The summed E-state index contributed by atoms with van der Waals surface area (Å²) in [6, 6.07) is 6.29. The van der Waals surface area contributed by atoms with Crippen LogP contribution in [-0.4, -0.2) is 21.2 Å². The molecule has 0 saturated carbocycles. The Morgan fingerprint density at radius 3 is 2.74 bits per heavy atom. The summed E-state index contributed by atoms with van der Waals surface area (Å²) in [4.78, 5) is 28.1. The van der Waals surface area contributed by atoms with Crippen LogP contribution in [0.4, 0.5) is 0 Å². The number of rotatable bonds is 6. The van der Waals surface area contributed by atoms with Crippen molar-refractivity contribution >= 4 is 40.9 Å². The van der Waals surface area contributed by atoms with Gasteiger partial charge in [-0.05, 0) is 24.6 Å². The summed E-state index contributed by atoms with van der Waals surface area (Å²) >= 11 is 13.3. The van der Waals surface area contributed by atoms with Gasteiger partial charge in [0.15, 0.2) is 5.16 Å². The third-order valence-corrected chi connectivity index (χ3v) is 4.46. The molecule has 0 bridgehead atoms. The number of hydrogen-bond donors (Lipinski definition) is 1. The predicted molar refractivity (Wildman–Crippen MR) is 93.8 cm³/mol. The summed E-state index contributed by atoms with van der Waals surface area (Å²) in [5.74, 6) is -0.478. The van der Waals surface area contributed by atoms with E-state index in [1.165, 1.54) is 10.6 Å². The van der Waals surface area contributed by atoms with Gasteiger partial charge in [0.1, 0.15) is 0 Å². The minimum absolute atomic E-state index is 0.0141. The van der Waals surface area contributed by atoms with Gasteiger partial charge in [0, 0.05) is 16.8 Å². The Morgan fingerprint density at radius 1 is 1.35 bits per heavy atom. The monoisotopic (exact) mass is 371 g/mol. The first kappa shape index (κ1) is 17.8. The molecule has 8 heteroatoms. The number of carbonyl (C=O) groups excluding carboxylic acids is 1. The number of nitrogens with two attached hydrogens (primary N) is 1. The van der Waals surface area contributed by atoms with E-state index in [0.717, 1.165) is 18.2 Å². The highest BCUT2D eigenvalue weighted by Gasteiger charge is 2.15. The van der Waals surface area contributed by atoms with Gasteiger partial charge in [-0.15, -0.1) is 0 Å². The van der Waals surface area contributed by atoms with Gasteiger partial charge in [-0.1, -0.05) is 48.3 Å². The van der Waals surface area contributed by atoms with Gasteiger partial charge in [0.2, 0.25) is 5.91 Å². The second-order valence-corrected chi connectivity index (χ2v) is 6.59. The van der Waals surface area contributed by atoms with E-state index in [1.54, 1.807) is 18.2 Å². The zero-order valence-corrected chi connectivity index (χ0v) is 14.7. The lowest BCUT2D eigenvalue weighted by atomic mass is 10.2. The number of primary amides is 1. The second-order valence-electron chi connectivity index (χ2n) is 4.80. The molecule has 122 valence electrons. The number of nitrogens with zero attached hydrogens (tertiary/aromatic N) is 2. The van der Waals surface area contributed by atoms with Crippen LogP contribution in [0.25, 0.3) is 5.69 Å². The van der Waals surface area contributed by atoms with E-state index >= 15 is 0 Å². The molecule has 0 aliphatic carbocycles. The largest absolute Gasteiger partial charge is 0.369 e. The van der Waals surface area contributed by atoms with Crippen molar-refractivity contribution in [2.45, 2.75) is 24.9 Å². The molecule has 0 fully saturated rings. The SMILES string of the molecule is CCCc1cc(=O)n(-c2cc(Cl)ccc2Cl)c(SCC(N)=O)n1. The van der Waals surface area contributed by atoms with E-state index in [-0.39, 0.29) is 11.3 Å². The number of aromatic nitrogens is 2. The molecule has 0 saturated heterocycles. The van der Waals surface area contributed by atoms with Crippen molar-refractivity contribution < 1.29 is 4.79 Å². The summed E-state index contributed by atoms with van der Waals surface area (Å²) in [5, 5.41) is 1.17. The summed E-state index contributed by atoms with van der Waals surface area (Å²) in [7, 11) is 0. The van der Waals surface area contributed by atoms with Gasteiger partial charge < -0.3 is 5.73 Å². The molecular formula is C15H15Cl2N3O2S. The van der Waals surface area contributed by atoms with Crippen molar-refractivity contribution in [3.63, 3.8) is 0 Å². The topological polar surface area (TPSA) is 78.0 Å². The van der Waals surface area contributed by atoms with Crippen LogP contribution in [-0.2, 0) is 11.2 Å². The van der Waals surface area contributed by atoms with Crippen LogP contribution in [0, 0.1) is 0 Å². The van der Waals surface area contributed by atoms with Crippen LogP contribution in [0.5, 0.6) is 0 Å². The molecule has 1 aromatic carbocycles. The Morgan fingerprint density at radius 2 is 2.09 bits per heavy atom. The van der Waals surface area contributed by atoms with E-state index in [2.05, 4.69) is 4.98 Å². The Hall–Kier alpha value is -1.50. The number of hydrogen-bond acceptors (Lipinski definition) is 4. The van der Waals surface area contributed by atoms with Crippen LogP contribution >= 0.6 is 35.0 Å². The first-order chi connectivity index (χ1) is 10.9. The van der Waals surface area contributed by atoms with E-state index in [1.807, 2.05) is 6.92 Å². The summed E-state index contributed by atoms with van der Waals surface area (Å²) in [6.45, 7) is 2.00. The Balaban J connectivity index is 2.62. The first-order valence-electron chi connectivity index (χ1n) is 6.92. The van der Waals surface area contributed by atoms with Crippen LogP contribution in [0.15, 0.2) is 34.2 Å². The molecule has 1 amide bonds. The molecule has 1 heterocycles. The van der Waals surface area contributed by atoms with E-state index < -0.39 is 5.91 Å². The van der Waals surface area contributed by atoms with Gasteiger partial charge >= 0.3 is 0 Å². The fourth-order valence-electron chi connectivity index (χ4n) is 2.00. The molecule has 2 N–H and O–H groups in total. The average Bonchev–Trinajstić information content (AvgIpc) is 2.48. The normalized spacial score (nSPS) is 10.7. The van der Waals surface area contributed by atoms with Gasteiger partial charge in [0.05, 0.1) is 16.5 Å². The quantitative estimate of drug-likeness (QED) is 0.625. The van der Waals surface area contributed by atoms with Gasteiger partial charge in [-0.3, -0.25) is 14.2 Å². The van der Waals surface area contributed by atoms with Crippen molar-refractivity contribution in [2.75, 3.05) is 5.75 Å². The number of amides is 1. The van der Waals surface area contributed by atoms with Gasteiger partial charge in [-0.25, -0.2) is 4.98 Å². The molecule has 1 aromatic heterocycles. The predicted octanol–water partition coefficient (Wildman–Crippen LogP) is 3.07. The van der Waals surface area contributed by atoms with E-state index in [4.69, 9.17) is 28.9 Å². The zero-order valence-electron chi connectivity index (χ0n) is 12.4. The number of carbonyl (C=O) groups is 1. The van der Waals surface area contributed by atoms with Crippen molar-refractivity contribution in [1.29, 1.82) is 0 Å². The van der Waals surface area contributed by atoms with Crippen LogP contribution in [0.2, 0.25) is 10.0 Å². The highest BCUT2D eigenvalue weighted by Crippen LogP contribution is 2.27. The molecule has 23 heavy (non-hydrogen) atoms. The van der Waals surface area contributed by atoms with Crippen LogP contribution < -0.4 is 11.3 Å². The molecule has 0 spiro atoms. The first-order valence-corrected chi connectivity index (χ1v) is 8.66. The standard InChI is InChI=1S/C15H15Cl2N3O2S/c1-2-3-10-7-14(22)20(15(19-10)23-8-13(18)21)12-6-9(16)4-5-11(12)17/h4-7H,2-3,8H2,1H3,(H2,18,21). The maximum absolute atomic E-state index is 12.5. The minimum Gasteiger partial charge on any atom is -0.369 e. The van der Waals surface area contributed by atoms with Crippen molar-refractivity contribution in [2.24, 2.45) is 5.73 Å². The molecule has 0 unspecified atom stereocenters. The van der Waals surface area contributed by atoms with Gasteiger partial charge in [0.25, 0.3) is 5.56 Å². The Kier molecular flexibility index (Phi) is 6.10. The highest BCUT2D eigenvalue weighted by molar-refractivity contribution is 7.99. The van der Waals surface area contributed by atoms with Crippen LogP contribution in [0.1, 0.15) is 19.0 Å². The number of thioether (sulfide) groups is 1. The minimum atomic E-state index is -0.492. The molecule has 0 radical (unpaired) electrons. The second kappa shape index (κ2) is 7.86. The number of halogens is 2. The maximum Gasteiger partial charge on any atom is 0.259 e. The molecule has 0 atom stereocenters. The van der Waals surface area contributed by atoms with E-state index in [9.17, 15) is 9.59 Å². The molecule has 0 aliphatic heterocycles. The number of aryl methyl sites for hydroxylation is 1. The summed E-state index contributed by atoms with van der Waals surface area (Å²) < 4.78 is 1.35. The fraction of sp³-hybridized carbons (Fsp3) is 0.267. The fourth-order valence-corrected chi connectivity index (χ4v) is 3.14. The Labute approximate surface area is 147 Å². The summed E-state index contributed by atoms with van der Waals surface area (Å²) in [6.07, 6.45) is 1.53. The lowest BCUT2D eigenvalue weighted by Crippen LogP contribution is -2.23. The maximum atomic E-state index is 12.5. The zero-order chi connectivity index (χ0) is 17.0. The van der Waals surface area contributed by atoms with Crippen LogP contribution in [0.3, 0.4) is 0 Å². The lowest BCUT2D eigenvalue weighted by Gasteiger charge is -2.14. The van der Waals surface area contributed by atoms with Crippen molar-refractivity contribution in [3.8, 4) is 5.69 Å². The lowest BCUT2D eigenvalue weighted by molar-refractivity contribution is -0.115. The van der Waals surface area contributed by atoms with Crippen molar-refractivity contribution in [3.05, 3.63) is 50.4 Å².